The standard InChI is InChI=1S/C23H22N4O3S/c1-14-12-15(2)25-21-17(14)18-20(31-21)23(29)27(13-24-18)19(16-6-4-3-5-7-16)22(28)26-8-10-30-11-9-26/h3-7,12-13,19H,8-11H2,1-2H3/t19-/m1/s1. The zero-order chi connectivity index (χ0) is 21.5. The number of aryl methyl sites for hydroxylation is 2. The second kappa shape index (κ2) is 7.86. The second-order valence-electron chi connectivity index (χ2n) is 7.75. The Bertz CT molecular complexity index is 1340. The van der Waals surface area contributed by atoms with Crippen molar-refractivity contribution < 1.29 is 9.53 Å². The summed E-state index contributed by atoms with van der Waals surface area (Å²) in [6, 6.07) is 10.6. The fourth-order valence-electron chi connectivity index (χ4n) is 4.18. The minimum absolute atomic E-state index is 0.121. The number of ether oxygens (including phenoxy) is 1. The summed E-state index contributed by atoms with van der Waals surface area (Å²) in [5.41, 5.74) is 3.13. The van der Waals surface area contributed by atoms with Crippen molar-refractivity contribution in [2.45, 2.75) is 19.9 Å². The first-order valence-electron chi connectivity index (χ1n) is 10.2. The van der Waals surface area contributed by atoms with Gasteiger partial charge < -0.3 is 9.64 Å². The quantitative estimate of drug-likeness (QED) is 0.495. The maximum absolute atomic E-state index is 13.6. The Balaban J connectivity index is 1.70. The Morgan fingerprint density at radius 1 is 1.16 bits per heavy atom. The van der Waals surface area contributed by atoms with Crippen LogP contribution in [0.3, 0.4) is 0 Å². The van der Waals surface area contributed by atoms with Crippen molar-refractivity contribution in [2.24, 2.45) is 0 Å². The third-order valence-electron chi connectivity index (χ3n) is 5.65. The van der Waals surface area contributed by atoms with E-state index in [1.54, 1.807) is 4.90 Å². The van der Waals surface area contributed by atoms with Gasteiger partial charge in [-0.05, 0) is 31.0 Å². The molecule has 0 spiro atoms. The first-order chi connectivity index (χ1) is 15.0. The monoisotopic (exact) mass is 434 g/mol. The van der Waals surface area contributed by atoms with Crippen LogP contribution in [0.25, 0.3) is 20.4 Å². The summed E-state index contributed by atoms with van der Waals surface area (Å²) < 4.78 is 7.38. The molecule has 0 radical (unpaired) electrons. The fourth-order valence-corrected chi connectivity index (χ4v) is 5.37. The summed E-state index contributed by atoms with van der Waals surface area (Å²) in [7, 11) is 0. The predicted octanol–water partition coefficient (Wildman–Crippen LogP) is 3.07. The molecule has 4 aromatic rings. The lowest BCUT2D eigenvalue weighted by Crippen LogP contribution is -2.46. The molecule has 8 heteroatoms. The van der Waals surface area contributed by atoms with Gasteiger partial charge in [0.1, 0.15) is 15.6 Å². The Labute approximate surface area is 182 Å². The van der Waals surface area contributed by atoms with Crippen LogP contribution in [0.15, 0.2) is 47.5 Å². The van der Waals surface area contributed by atoms with E-state index in [-0.39, 0.29) is 11.5 Å². The Morgan fingerprint density at radius 3 is 2.65 bits per heavy atom. The number of benzene rings is 1. The summed E-state index contributed by atoms with van der Waals surface area (Å²) >= 11 is 1.34. The van der Waals surface area contributed by atoms with Gasteiger partial charge in [-0.25, -0.2) is 9.97 Å². The summed E-state index contributed by atoms with van der Waals surface area (Å²) in [6.45, 7) is 5.97. The van der Waals surface area contributed by atoms with Crippen LogP contribution in [0.4, 0.5) is 0 Å². The molecule has 1 atom stereocenters. The highest BCUT2D eigenvalue weighted by atomic mass is 32.1. The van der Waals surface area contributed by atoms with Gasteiger partial charge in [0.2, 0.25) is 0 Å². The van der Waals surface area contributed by atoms with E-state index in [9.17, 15) is 9.59 Å². The highest BCUT2D eigenvalue weighted by Gasteiger charge is 2.30. The molecule has 0 unspecified atom stereocenters. The zero-order valence-electron chi connectivity index (χ0n) is 17.4. The molecule has 0 bridgehead atoms. The van der Waals surface area contributed by atoms with Gasteiger partial charge in [-0.3, -0.25) is 14.2 Å². The third-order valence-corrected chi connectivity index (χ3v) is 6.71. The number of pyridine rings is 1. The molecule has 1 saturated heterocycles. The smallest absolute Gasteiger partial charge is 0.272 e. The van der Waals surface area contributed by atoms with Gasteiger partial charge in [0.15, 0.2) is 0 Å². The number of nitrogens with zero attached hydrogens (tertiary/aromatic N) is 4. The topological polar surface area (TPSA) is 77.3 Å². The highest BCUT2D eigenvalue weighted by Crippen LogP contribution is 2.32. The van der Waals surface area contributed by atoms with Crippen molar-refractivity contribution in [3.05, 3.63) is 69.9 Å². The number of thiophene rings is 1. The summed E-state index contributed by atoms with van der Waals surface area (Å²) in [4.78, 5) is 38.9. The molecular formula is C23H22N4O3S. The molecule has 4 heterocycles. The molecule has 1 aromatic carbocycles. The number of hydrogen-bond donors (Lipinski definition) is 0. The van der Waals surface area contributed by atoms with E-state index in [0.29, 0.717) is 36.5 Å². The van der Waals surface area contributed by atoms with E-state index in [2.05, 4.69) is 9.97 Å². The van der Waals surface area contributed by atoms with Gasteiger partial charge in [-0.15, -0.1) is 11.3 Å². The van der Waals surface area contributed by atoms with Gasteiger partial charge in [0, 0.05) is 24.2 Å². The molecular weight excluding hydrogens is 412 g/mol. The van der Waals surface area contributed by atoms with Gasteiger partial charge in [-0.1, -0.05) is 30.3 Å². The molecule has 1 amide bonds. The Hall–Kier alpha value is -3.10. The van der Waals surface area contributed by atoms with Crippen LogP contribution in [0.2, 0.25) is 0 Å². The van der Waals surface area contributed by atoms with Crippen molar-refractivity contribution in [2.75, 3.05) is 26.3 Å². The third kappa shape index (κ3) is 3.41. The number of amides is 1. The molecule has 1 aliphatic rings. The van der Waals surface area contributed by atoms with E-state index < -0.39 is 6.04 Å². The molecule has 158 valence electrons. The Morgan fingerprint density at radius 2 is 1.90 bits per heavy atom. The zero-order valence-corrected chi connectivity index (χ0v) is 18.2. The van der Waals surface area contributed by atoms with Crippen molar-refractivity contribution in [3.63, 3.8) is 0 Å². The van der Waals surface area contributed by atoms with Crippen LogP contribution in [0, 0.1) is 13.8 Å². The molecule has 0 aliphatic carbocycles. The van der Waals surface area contributed by atoms with Gasteiger partial charge in [-0.2, -0.15) is 0 Å². The van der Waals surface area contributed by atoms with Crippen LogP contribution < -0.4 is 5.56 Å². The molecule has 31 heavy (non-hydrogen) atoms. The number of morpholine rings is 1. The average molecular weight is 435 g/mol. The maximum Gasteiger partial charge on any atom is 0.272 e. The normalized spacial score (nSPS) is 15.5. The number of aromatic nitrogens is 3. The largest absolute Gasteiger partial charge is 0.378 e. The average Bonchev–Trinajstić information content (AvgIpc) is 3.16. The number of rotatable bonds is 3. The summed E-state index contributed by atoms with van der Waals surface area (Å²) in [6.07, 6.45) is 1.51. The molecule has 1 fully saturated rings. The molecule has 0 N–H and O–H groups in total. The molecule has 1 aliphatic heterocycles. The first kappa shape index (κ1) is 19.8. The van der Waals surface area contributed by atoms with Gasteiger partial charge in [0.25, 0.3) is 11.5 Å². The van der Waals surface area contributed by atoms with Gasteiger partial charge >= 0.3 is 0 Å². The minimum Gasteiger partial charge on any atom is -0.378 e. The van der Waals surface area contributed by atoms with Crippen molar-refractivity contribution in [1.82, 2.24) is 19.4 Å². The van der Waals surface area contributed by atoms with Crippen molar-refractivity contribution >= 4 is 37.7 Å². The molecule has 5 rings (SSSR count). The SMILES string of the molecule is Cc1cc(C)c2c(n1)sc1c(=O)n([C@@H](C(=O)N3CCOCC3)c3ccccc3)cnc12. The summed E-state index contributed by atoms with van der Waals surface area (Å²) in [5.74, 6) is -0.121. The molecule has 3 aromatic heterocycles. The summed E-state index contributed by atoms with van der Waals surface area (Å²) in [5, 5.41) is 0.908. The molecule has 7 nitrogen and oxygen atoms in total. The number of hydrogen-bond acceptors (Lipinski definition) is 6. The Kier molecular flexibility index (Phi) is 5.03. The lowest BCUT2D eigenvalue weighted by molar-refractivity contribution is -0.137. The van der Waals surface area contributed by atoms with E-state index in [0.717, 1.165) is 27.0 Å². The van der Waals surface area contributed by atoms with Crippen LogP contribution >= 0.6 is 11.3 Å². The first-order valence-corrected chi connectivity index (χ1v) is 11.1. The fraction of sp³-hybridized carbons (Fsp3) is 0.304. The lowest BCUT2D eigenvalue weighted by atomic mass is 10.0. The van der Waals surface area contributed by atoms with E-state index in [1.165, 1.54) is 22.2 Å². The number of carbonyl (C=O) groups excluding carboxylic acids is 1. The van der Waals surface area contributed by atoms with Gasteiger partial charge in [0.05, 0.1) is 25.1 Å². The molecule has 0 saturated carbocycles. The van der Waals surface area contributed by atoms with E-state index >= 15 is 0 Å². The van der Waals surface area contributed by atoms with E-state index in [4.69, 9.17) is 4.74 Å². The minimum atomic E-state index is -0.773. The van der Waals surface area contributed by atoms with Crippen molar-refractivity contribution in [1.29, 1.82) is 0 Å². The highest BCUT2D eigenvalue weighted by molar-refractivity contribution is 7.25. The van der Waals surface area contributed by atoms with Crippen LogP contribution in [0.5, 0.6) is 0 Å². The van der Waals surface area contributed by atoms with Crippen LogP contribution in [-0.2, 0) is 9.53 Å². The second-order valence-corrected chi connectivity index (χ2v) is 8.75. The van der Waals surface area contributed by atoms with Crippen LogP contribution in [-0.4, -0.2) is 51.6 Å². The van der Waals surface area contributed by atoms with Crippen LogP contribution in [0.1, 0.15) is 22.9 Å². The lowest BCUT2D eigenvalue weighted by Gasteiger charge is -2.31. The predicted molar refractivity (Wildman–Crippen MR) is 121 cm³/mol. The number of carbonyl (C=O) groups is 1. The number of fused-ring (bicyclic) bond motifs is 3. The van der Waals surface area contributed by atoms with E-state index in [1.807, 2.05) is 50.2 Å². The van der Waals surface area contributed by atoms with Crippen molar-refractivity contribution in [3.8, 4) is 0 Å². The maximum atomic E-state index is 13.6.